The SMILES string of the molecule is C1=Cc2cc3nccc-3cn2C1. The van der Waals surface area contributed by atoms with Gasteiger partial charge >= 0.3 is 0 Å². The lowest BCUT2D eigenvalue weighted by Crippen LogP contribution is -1.97. The molecule has 58 valence electrons. The van der Waals surface area contributed by atoms with E-state index in [0.717, 1.165) is 12.2 Å². The minimum Gasteiger partial charge on any atom is -0.343 e. The van der Waals surface area contributed by atoms with Crippen LogP contribution in [0.3, 0.4) is 0 Å². The van der Waals surface area contributed by atoms with E-state index in [0.29, 0.717) is 0 Å². The van der Waals surface area contributed by atoms with Crippen molar-refractivity contribution in [2.45, 2.75) is 6.54 Å². The Morgan fingerprint density at radius 2 is 2.42 bits per heavy atom. The van der Waals surface area contributed by atoms with E-state index in [9.17, 15) is 0 Å². The predicted molar refractivity (Wildman–Crippen MR) is 47.9 cm³/mol. The molecule has 0 amide bonds. The molecular weight excluding hydrogens is 148 g/mol. The predicted octanol–water partition coefficient (Wildman–Crippen LogP) is 2.01. The van der Waals surface area contributed by atoms with Gasteiger partial charge in [0.15, 0.2) is 0 Å². The Balaban J connectivity index is 2.38. The van der Waals surface area contributed by atoms with Crippen molar-refractivity contribution < 1.29 is 0 Å². The maximum atomic E-state index is 4.25. The summed E-state index contributed by atoms with van der Waals surface area (Å²) in [4.78, 5) is 4.25. The van der Waals surface area contributed by atoms with Crippen LogP contribution in [0.25, 0.3) is 17.3 Å². The van der Waals surface area contributed by atoms with Gasteiger partial charge in [-0.15, -0.1) is 0 Å². The highest BCUT2D eigenvalue weighted by atomic mass is 15.0. The highest BCUT2D eigenvalue weighted by Gasteiger charge is 2.09. The second kappa shape index (κ2) is 1.97. The Labute approximate surface area is 70.5 Å². The fourth-order valence-electron chi connectivity index (χ4n) is 1.64. The molecule has 12 heavy (non-hydrogen) atoms. The summed E-state index contributed by atoms with van der Waals surface area (Å²) in [6, 6.07) is 4.17. The number of rotatable bonds is 0. The van der Waals surface area contributed by atoms with Gasteiger partial charge in [0.2, 0.25) is 0 Å². The Morgan fingerprint density at radius 1 is 1.42 bits per heavy atom. The maximum absolute atomic E-state index is 4.25. The van der Waals surface area contributed by atoms with Crippen LogP contribution in [0.15, 0.2) is 30.6 Å². The summed E-state index contributed by atoms with van der Waals surface area (Å²) < 4.78 is 2.23. The average molecular weight is 156 g/mol. The standard InChI is InChI=1S/C10H8N2/c1-2-9-6-10-8(3-4-11-10)7-12(9)5-1/h1-4,6-7H,5H2. The molecule has 0 saturated carbocycles. The highest BCUT2D eigenvalue weighted by molar-refractivity contribution is 5.65. The monoisotopic (exact) mass is 156 g/mol. The molecule has 0 bridgehead atoms. The molecule has 2 nitrogen and oxygen atoms in total. The Kier molecular flexibility index (Phi) is 0.987. The van der Waals surface area contributed by atoms with Gasteiger partial charge in [-0.1, -0.05) is 6.08 Å². The molecule has 0 radical (unpaired) electrons. The van der Waals surface area contributed by atoms with Crippen LogP contribution in [0.5, 0.6) is 0 Å². The van der Waals surface area contributed by atoms with Crippen LogP contribution in [-0.4, -0.2) is 9.55 Å². The van der Waals surface area contributed by atoms with Gasteiger partial charge in [-0.3, -0.25) is 4.98 Å². The summed E-state index contributed by atoms with van der Waals surface area (Å²) >= 11 is 0. The molecule has 0 atom stereocenters. The minimum absolute atomic E-state index is 0.996. The molecule has 0 aliphatic carbocycles. The van der Waals surface area contributed by atoms with Crippen molar-refractivity contribution >= 4 is 6.08 Å². The van der Waals surface area contributed by atoms with E-state index in [2.05, 4.69) is 34.0 Å². The molecule has 0 spiro atoms. The first-order valence-electron chi connectivity index (χ1n) is 4.05. The summed E-state index contributed by atoms with van der Waals surface area (Å²) in [6.07, 6.45) is 8.30. The van der Waals surface area contributed by atoms with Crippen LogP contribution in [0.1, 0.15) is 5.69 Å². The molecule has 0 saturated heterocycles. The van der Waals surface area contributed by atoms with Crippen molar-refractivity contribution in [1.82, 2.24) is 9.55 Å². The van der Waals surface area contributed by atoms with Gasteiger partial charge in [0.05, 0.1) is 5.69 Å². The second-order valence-corrected chi connectivity index (χ2v) is 3.04. The smallest absolute Gasteiger partial charge is 0.0737 e. The van der Waals surface area contributed by atoms with E-state index < -0.39 is 0 Å². The topological polar surface area (TPSA) is 17.8 Å². The van der Waals surface area contributed by atoms with E-state index in [1.54, 1.807) is 0 Å². The molecule has 3 aliphatic rings. The molecule has 0 fully saturated rings. The summed E-state index contributed by atoms with van der Waals surface area (Å²) in [6.45, 7) is 0.996. The number of aromatic nitrogens is 2. The van der Waals surface area contributed by atoms with Crippen LogP contribution in [0, 0.1) is 0 Å². The summed E-state index contributed by atoms with van der Waals surface area (Å²) in [5, 5.41) is 0. The fraction of sp³-hybridized carbons (Fsp3) is 0.100. The lowest BCUT2D eigenvalue weighted by molar-refractivity contribution is 0.830. The number of pyridine rings is 1. The van der Waals surface area contributed by atoms with E-state index >= 15 is 0 Å². The van der Waals surface area contributed by atoms with Crippen molar-refractivity contribution in [2.75, 3.05) is 0 Å². The molecule has 3 aliphatic heterocycles. The van der Waals surface area contributed by atoms with Crippen LogP contribution >= 0.6 is 0 Å². The quantitative estimate of drug-likeness (QED) is 0.570. The Bertz CT molecular complexity index is 426. The van der Waals surface area contributed by atoms with E-state index in [4.69, 9.17) is 0 Å². The van der Waals surface area contributed by atoms with Crippen molar-refractivity contribution in [1.29, 1.82) is 0 Å². The molecule has 0 N–H and O–H groups in total. The van der Waals surface area contributed by atoms with Crippen LogP contribution < -0.4 is 0 Å². The van der Waals surface area contributed by atoms with Gasteiger partial charge in [0.25, 0.3) is 0 Å². The van der Waals surface area contributed by atoms with Crippen molar-refractivity contribution in [2.24, 2.45) is 0 Å². The molecule has 3 heterocycles. The van der Waals surface area contributed by atoms with Crippen LogP contribution in [0.4, 0.5) is 0 Å². The first-order valence-corrected chi connectivity index (χ1v) is 4.05. The molecule has 0 unspecified atom stereocenters. The van der Waals surface area contributed by atoms with Gasteiger partial charge in [-0.05, 0) is 18.2 Å². The van der Waals surface area contributed by atoms with Gasteiger partial charge in [0.1, 0.15) is 0 Å². The summed E-state index contributed by atoms with van der Waals surface area (Å²) in [5.41, 5.74) is 3.57. The summed E-state index contributed by atoms with van der Waals surface area (Å²) in [7, 11) is 0. The lowest BCUT2D eigenvalue weighted by Gasteiger charge is -2.06. The Hall–Kier alpha value is -1.57. The van der Waals surface area contributed by atoms with E-state index in [1.807, 2.05) is 12.3 Å². The molecule has 0 aromatic heterocycles. The third-order valence-corrected chi connectivity index (χ3v) is 2.27. The molecule has 3 rings (SSSR count). The number of hydrogen-bond acceptors (Lipinski definition) is 1. The van der Waals surface area contributed by atoms with Crippen molar-refractivity contribution in [3.05, 3.63) is 36.3 Å². The molecule has 0 aromatic rings. The third-order valence-electron chi connectivity index (χ3n) is 2.27. The first-order chi connectivity index (χ1) is 5.93. The van der Waals surface area contributed by atoms with Crippen molar-refractivity contribution in [3.63, 3.8) is 0 Å². The molecule has 2 heteroatoms. The van der Waals surface area contributed by atoms with Crippen molar-refractivity contribution in [3.8, 4) is 11.3 Å². The Morgan fingerprint density at radius 3 is 3.42 bits per heavy atom. The van der Waals surface area contributed by atoms with Gasteiger partial charge in [0, 0.05) is 30.2 Å². The van der Waals surface area contributed by atoms with Gasteiger partial charge in [-0.2, -0.15) is 0 Å². The zero-order valence-corrected chi connectivity index (χ0v) is 6.57. The third kappa shape index (κ3) is 0.666. The number of allylic oxidation sites excluding steroid dienone is 1. The van der Waals surface area contributed by atoms with Crippen LogP contribution in [-0.2, 0) is 6.54 Å². The fourth-order valence-corrected chi connectivity index (χ4v) is 1.64. The number of nitrogens with zero attached hydrogens (tertiary/aromatic N) is 2. The maximum Gasteiger partial charge on any atom is 0.0737 e. The van der Waals surface area contributed by atoms with Gasteiger partial charge in [-0.25, -0.2) is 0 Å². The largest absolute Gasteiger partial charge is 0.343 e. The minimum atomic E-state index is 0.996. The number of fused-ring (bicyclic) bond motifs is 2. The number of hydrogen-bond donors (Lipinski definition) is 0. The normalized spacial score (nSPS) is 14.0. The molecular formula is C10H8N2. The second-order valence-electron chi connectivity index (χ2n) is 3.04. The van der Waals surface area contributed by atoms with Gasteiger partial charge < -0.3 is 4.57 Å². The van der Waals surface area contributed by atoms with E-state index in [-0.39, 0.29) is 0 Å². The zero-order chi connectivity index (χ0) is 7.97. The lowest BCUT2D eigenvalue weighted by atomic mass is 10.2. The van der Waals surface area contributed by atoms with Crippen LogP contribution in [0.2, 0.25) is 0 Å². The average Bonchev–Trinajstić information content (AvgIpc) is 2.64. The summed E-state index contributed by atoms with van der Waals surface area (Å²) in [5.74, 6) is 0. The van der Waals surface area contributed by atoms with E-state index in [1.165, 1.54) is 11.3 Å². The zero-order valence-electron chi connectivity index (χ0n) is 6.57. The molecule has 0 aromatic carbocycles. The highest BCUT2D eigenvalue weighted by Crippen LogP contribution is 2.24. The first kappa shape index (κ1) is 6.00.